The van der Waals surface area contributed by atoms with Crippen LogP contribution in [0.1, 0.15) is 18.1 Å². The first-order chi connectivity index (χ1) is 12.0. The van der Waals surface area contributed by atoms with E-state index in [0.717, 1.165) is 21.3 Å². The summed E-state index contributed by atoms with van der Waals surface area (Å²) in [5.74, 6) is 1.59. The summed E-state index contributed by atoms with van der Waals surface area (Å²) in [6.07, 6.45) is 0. The van der Waals surface area contributed by atoms with Gasteiger partial charge in [0.1, 0.15) is 5.75 Å². The van der Waals surface area contributed by atoms with E-state index in [1.807, 2.05) is 49.4 Å². The second kappa shape index (κ2) is 9.85. The van der Waals surface area contributed by atoms with Gasteiger partial charge in [0.05, 0.1) is 23.0 Å². The molecule has 2 rings (SSSR count). The molecule has 0 aliphatic heterocycles. The second-order valence-corrected chi connectivity index (χ2v) is 7.41. The molecule has 0 fully saturated rings. The van der Waals surface area contributed by atoms with Crippen molar-refractivity contribution in [3.05, 3.63) is 63.1 Å². The van der Waals surface area contributed by atoms with Gasteiger partial charge in [-0.15, -0.1) is 11.8 Å². The van der Waals surface area contributed by atoms with Crippen molar-refractivity contribution in [3.63, 3.8) is 0 Å². The topological polar surface area (TPSA) is 50.7 Å². The standard InChI is InChI=1S/C18H18BrClN2O2S/c1-12(13-7-8-17(24-2)15(19)9-13)21-22-18(23)11-25-10-14-5-3-4-6-16(14)20/h3-9H,10-11H2,1-2H3,(H,22,23)/b21-12-. The van der Waals surface area contributed by atoms with Crippen LogP contribution in [0.5, 0.6) is 5.75 Å². The number of amides is 1. The molecule has 0 saturated carbocycles. The van der Waals surface area contributed by atoms with Gasteiger partial charge >= 0.3 is 0 Å². The van der Waals surface area contributed by atoms with E-state index in [4.69, 9.17) is 16.3 Å². The Labute approximate surface area is 165 Å². The summed E-state index contributed by atoms with van der Waals surface area (Å²) in [4.78, 5) is 11.9. The van der Waals surface area contributed by atoms with Crippen LogP contribution in [0.2, 0.25) is 5.02 Å². The lowest BCUT2D eigenvalue weighted by atomic mass is 10.1. The normalized spacial score (nSPS) is 11.3. The predicted octanol–water partition coefficient (Wildman–Crippen LogP) is 4.88. The first-order valence-corrected chi connectivity index (χ1v) is 9.82. The number of carbonyl (C=O) groups is 1. The number of hydrogen-bond donors (Lipinski definition) is 1. The van der Waals surface area contributed by atoms with Crippen molar-refractivity contribution < 1.29 is 9.53 Å². The number of hydrogen-bond acceptors (Lipinski definition) is 4. The number of thioether (sulfide) groups is 1. The molecular formula is C18H18BrClN2O2S. The van der Waals surface area contributed by atoms with E-state index in [2.05, 4.69) is 26.5 Å². The molecule has 0 unspecified atom stereocenters. The molecule has 0 aliphatic rings. The van der Waals surface area contributed by atoms with Gasteiger partial charge in [-0.25, -0.2) is 5.43 Å². The SMILES string of the molecule is COc1ccc(/C(C)=N\NC(=O)CSCc2ccccc2Cl)cc1Br. The Balaban J connectivity index is 1.85. The van der Waals surface area contributed by atoms with Crippen LogP contribution >= 0.6 is 39.3 Å². The van der Waals surface area contributed by atoms with Crippen molar-refractivity contribution in [1.29, 1.82) is 0 Å². The van der Waals surface area contributed by atoms with Gasteiger partial charge in [-0.3, -0.25) is 4.79 Å². The molecule has 2 aromatic rings. The van der Waals surface area contributed by atoms with Gasteiger partial charge in [0.15, 0.2) is 0 Å². The van der Waals surface area contributed by atoms with Crippen LogP contribution < -0.4 is 10.2 Å². The first-order valence-electron chi connectivity index (χ1n) is 7.49. The summed E-state index contributed by atoms with van der Waals surface area (Å²) in [5.41, 5.74) is 5.21. The molecule has 0 heterocycles. The molecular weight excluding hydrogens is 424 g/mol. The Kier molecular flexibility index (Phi) is 7.81. The second-order valence-electron chi connectivity index (χ2n) is 5.17. The molecule has 0 bridgehead atoms. The predicted molar refractivity (Wildman–Crippen MR) is 109 cm³/mol. The van der Waals surface area contributed by atoms with Crippen LogP contribution in [0, 0.1) is 0 Å². The zero-order valence-corrected chi connectivity index (χ0v) is 17.0. The molecule has 0 spiro atoms. The Hall–Kier alpha value is -1.50. The van der Waals surface area contributed by atoms with Gasteiger partial charge in [0, 0.05) is 10.8 Å². The van der Waals surface area contributed by atoms with Crippen LogP contribution in [-0.4, -0.2) is 24.5 Å². The molecule has 0 aliphatic carbocycles. The maximum Gasteiger partial charge on any atom is 0.250 e. The molecule has 2 aromatic carbocycles. The molecule has 0 radical (unpaired) electrons. The minimum atomic E-state index is -0.149. The Morgan fingerprint density at radius 1 is 1.32 bits per heavy atom. The average Bonchev–Trinajstić information content (AvgIpc) is 2.61. The molecule has 0 saturated heterocycles. The highest BCUT2D eigenvalue weighted by Gasteiger charge is 2.06. The number of hydrazone groups is 1. The van der Waals surface area contributed by atoms with Crippen molar-refractivity contribution in [2.24, 2.45) is 5.10 Å². The third-order valence-electron chi connectivity index (χ3n) is 3.37. The summed E-state index contributed by atoms with van der Waals surface area (Å²) >= 11 is 11.0. The third kappa shape index (κ3) is 6.06. The van der Waals surface area contributed by atoms with Gasteiger partial charge in [-0.05, 0) is 58.2 Å². The summed E-state index contributed by atoms with van der Waals surface area (Å²) in [6, 6.07) is 13.3. The van der Waals surface area contributed by atoms with Crippen molar-refractivity contribution >= 4 is 50.9 Å². The zero-order chi connectivity index (χ0) is 18.2. The lowest BCUT2D eigenvalue weighted by molar-refractivity contribution is -0.118. The highest BCUT2D eigenvalue weighted by atomic mass is 79.9. The fraction of sp³-hybridized carbons (Fsp3) is 0.222. The van der Waals surface area contributed by atoms with Crippen molar-refractivity contribution in [1.82, 2.24) is 5.43 Å². The number of carbonyl (C=O) groups excluding carboxylic acids is 1. The molecule has 1 N–H and O–H groups in total. The summed E-state index contributed by atoms with van der Waals surface area (Å²) < 4.78 is 6.04. The summed E-state index contributed by atoms with van der Waals surface area (Å²) in [5, 5.41) is 4.87. The minimum absolute atomic E-state index is 0.149. The Morgan fingerprint density at radius 2 is 2.08 bits per heavy atom. The van der Waals surface area contributed by atoms with Crippen LogP contribution in [-0.2, 0) is 10.5 Å². The van der Waals surface area contributed by atoms with Gasteiger partial charge in [0.2, 0.25) is 5.91 Å². The number of halogens is 2. The van der Waals surface area contributed by atoms with E-state index in [1.165, 1.54) is 11.8 Å². The Bertz CT molecular complexity index is 783. The lowest BCUT2D eigenvalue weighted by Gasteiger charge is -2.07. The van der Waals surface area contributed by atoms with E-state index in [0.29, 0.717) is 22.2 Å². The van der Waals surface area contributed by atoms with Crippen molar-refractivity contribution in [2.45, 2.75) is 12.7 Å². The zero-order valence-electron chi connectivity index (χ0n) is 13.9. The van der Waals surface area contributed by atoms with Gasteiger partial charge in [-0.1, -0.05) is 29.8 Å². The van der Waals surface area contributed by atoms with E-state index >= 15 is 0 Å². The van der Waals surface area contributed by atoms with Crippen LogP contribution in [0.25, 0.3) is 0 Å². The summed E-state index contributed by atoms with van der Waals surface area (Å²) in [7, 11) is 1.61. The fourth-order valence-corrected chi connectivity index (χ4v) is 3.65. The number of benzene rings is 2. The number of ether oxygens (including phenoxy) is 1. The molecule has 25 heavy (non-hydrogen) atoms. The van der Waals surface area contributed by atoms with Gasteiger partial charge in [0.25, 0.3) is 0 Å². The van der Waals surface area contributed by atoms with E-state index in [9.17, 15) is 4.79 Å². The number of methoxy groups -OCH3 is 1. The van der Waals surface area contributed by atoms with Crippen LogP contribution in [0.3, 0.4) is 0 Å². The number of nitrogens with one attached hydrogen (secondary N) is 1. The van der Waals surface area contributed by atoms with Crippen LogP contribution in [0.15, 0.2) is 52.0 Å². The first kappa shape index (κ1) is 19.8. The van der Waals surface area contributed by atoms with Crippen LogP contribution in [0.4, 0.5) is 0 Å². The quantitative estimate of drug-likeness (QED) is 0.492. The minimum Gasteiger partial charge on any atom is -0.496 e. The third-order valence-corrected chi connectivity index (χ3v) is 5.34. The van der Waals surface area contributed by atoms with E-state index in [1.54, 1.807) is 7.11 Å². The maximum atomic E-state index is 11.9. The largest absolute Gasteiger partial charge is 0.496 e. The molecule has 0 aromatic heterocycles. The highest BCUT2D eigenvalue weighted by Crippen LogP contribution is 2.25. The van der Waals surface area contributed by atoms with Gasteiger partial charge < -0.3 is 4.74 Å². The maximum absolute atomic E-state index is 11.9. The van der Waals surface area contributed by atoms with Gasteiger partial charge in [-0.2, -0.15) is 5.10 Å². The lowest BCUT2D eigenvalue weighted by Crippen LogP contribution is -2.21. The molecule has 0 atom stereocenters. The molecule has 132 valence electrons. The molecule has 7 heteroatoms. The number of nitrogens with zero attached hydrogens (tertiary/aromatic N) is 1. The van der Waals surface area contributed by atoms with E-state index in [-0.39, 0.29) is 5.91 Å². The Morgan fingerprint density at radius 3 is 2.76 bits per heavy atom. The summed E-state index contributed by atoms with van der Waals surface area (Å²) in [6.45, 7) is 1.84. The van der Waals surface area contributed by atoms with Crippen molar-refractivity contribution in [3.8, 4) is 5.75 Å². The number of rotatable bonds is 7. The smallest absolute Gasteiger partial charge is 0.250 e. The average molecular weight is 442 g/mol. The highest BCUT2D eigenvalue weighted by molar-refractivity contribution is 9.10. The van der Waals surface area contributed by atoms with Crippen molar-refractivity contribution in [2.75, 3.05) is 12.9 Å². The fourth-order valence-electron chi connectivity index (χ4n) is 2.00. The van der Waals surface area contributed by atoms with E-state index < -0.39 is 0 Å². The molecule has 4 nitrogen and oxygen atoms in total. The molecule has 1 amide bonds. The monoisotopic (exact) mass is 440 g/mol.